The van der Waals surface area contributed by atoms with E-state index in [1.54, 1.807) is 0 Å². The topological polar surface area (TPSA) is 0 Å². The summed E-state index contributed by atoms with van der Waals surface area (Å²) in [6, 6.07) is 0. The lowest BCUT2D eigenvalue weighted by molar-refractivity contribution is 0.179. The van der Waals surface area contributed by atoms with Crippen molar-refractivity contribution in [2.75, 3.05) is 0 Å². The molecule has 0 heteroatoms. The van der Waals surface area contributed by atoms with Crippen LogP contribution in [0.3, 0.4) is 0 Å². The maximum absolute atomic E-state index is 2.40. The van der Waals surface area contributed by atoms with E-state index >= 15 is 0 Å². The van der Waals surface area contributed by atoms with Crippen molar-refractivity contribution in [1.29, 1.82) is 0 Å². The van der Waals surface area contributed by atoms with Crippen LogP contribution in [-0.2, 0) is 0 Å². The van der Waals surface area contributed by atoms with Crippen molar-refractivity contribution >= 4 is 0 Å². The summed E-state index contributed by atoms with van der Waals surface area (Å²) in [6.45, 7) is 52.8. The van der Waals surface area contributed by atoms with Crippen LogP contribution in [0.25, 0.3) is 0 Å². The van der Waals surface area contributed by atoms with E-state index in [9.17, 15) is 0 Å². The summed E-state index contributed by atoms with van der Waals surface area (Å²) in [4.78, 5) is 0. The quantitative estimate of drug-likeness (QED) is 0.230. The first-order chi connectivity index (χ1) is 25.3. The second-order valence-electron chi connectivity index (χ2n) is 22.9. The summed E-state index contributed by atoms with van der Waals surface area (Å²) in [6.07, 6.45) is 28.4. The maximum Gasteiger partial charge on any atom is -0.0323 e. The van der Waals surface area contributed by atoms with Crippen LogP contribution in [0.4, 0.5) is 0 Å². The second-order valence-corrected chi connectivity index (χ2v) is 22.9. The Balaban J connectivity index is -0.000000273. The molecule has 2 atom stereocenters. The molecule has 2 unspecified atom stereocenters. The largest absolute Gasteiger partial charge is 0.0654 e. The molecule has 0 aromatic heterocycles. The van der Waals surface area contributed by atoms with E-state index < -0.39 is 0 Å². The monoisotopic (exact) mass is 779 g/mol. The third-order valence-electron chi connectivity index (χ3n) is 13.8. The summed E-state index contributed by atoms with van der Waals surface area (Å²) in [5.74, 6) is 8.77. The average molecular weight is 780 g/mol. The number of hydrogen-bond acceptors (Lipinski definition) is 0. The third-order valence-corrected chi connectivity index (χ3v) is 13.8. The normalized spacial score (nSPS) is 22.7. The van der Waals surface area contributed by atoms with Crippen molar-refractivity contribution in [3.05, 3.63) is 0 Å². The first kappa shape index (κ1) is 61.7. The molecule has 0 aliphatic heterocycles. The molecule has 55 heavy (non-hydrogen) atoms. The molecule has 0 heterocycles. The minimum Gasteiger partial charge on any atom is -0.0654 e. The average Bonchev–Trinajstić information content (AvgIpc) is 3.84. The number of hydrogen-bond donors (Lipinski definition) is 0. The first-order valence-electron chi connectivity index (χ1n) is 25.3. The van der Waals surface area contributed by atoms with E-state index in [1.165, 1.54) is 128 Å². The molecule has 4 rings (SSSR count). The fraction of sp³-hybridized carbons (Fsp3) is 1.00. The van der Waals surface area contributed by atoms with Crippen molar-refractivity contribution in [2.45, 2.75) is 288 Å². The molecule has 4 aliphatic rings. The van der Waals surface area contributed by atoms with Gasteiger partial charge < -0.3 is 0 Å². The second kappa shape index (κ2) is 35.9. The van der Waals surface area contributed by atoms with E-state index in [2.05, 4.69) is 159 Å². The highest BCUT2D eigenvalue weighted by Crippen LogP contribution is 2.53. The van der Waals surface area contributed by atoms with Crippen LogP contribution < -0.4 is 0 Å². The highest BCUT2D eigenvalue weighted by molar-refractivity contribution is 4.93. The van der Waals surface area contributed by atoms with Gasteiger partial charge in [-0.3, -0.25) is 0 Å². The highest BCUT2D eigenvalue weighted by Gasteiger charge is 2.43. The predicted molar refractivity (Wildman–Crippen MR) is 262 cm³/mol. The Bertz CT molecular complexity index is 706. The van der Waals surface area contributed by atoms with E-state index in [0.717, 1.165) is 53.3 Å². The highest BCUT2D eigenvalue weighted by atomic mass is 14.5. The van der Waals surface area contributed by atoms with Gasteiger partial charge in [0.1, 0.15) is 0 Å². The molecule has 0 aromatic carbocycles. The Labute approximate surface area is 355 Å². The van der Waals surface area contributed by atoms with Gasteiger partial charge in [0, 0.05) is 0 Å². The van der Waals surface area contributed by atoms with Gasteiger partial charge in [-0.05, 0) is 95.2 Å². The van der Waals surface area contributed by atoms with Crippen LogP contribution in [0.5, 0.6) is 0 Å². The smallest absolute Gasteiger partial charge is 0.0323 e. The fourth-order valence-corrected chi connectivity index (χ4v) is 7.53. The Hall–Kier alpha value is 0. The van der Waals surface area contributed by atoms with Crippen LogP contribution >= 0.6 is 0 Å². The van der Waals surface area contributed by atoms with Gasteiger partial charge in [-0.25, -0.2) is 0 Å². The van der Waals surface area contributed by atoms with Gasteiger partial charge in [0.05, 0.1) is 0 Å². The molecule has 0 spiro atoms. The van der Waals surface area contributed by atoms with Crippen molar-refractivity contribution in [3.8, 4) is 0 Å². The molecular formula is C55H118. The summed E-state index contributed by atoms with van der Waals surface area (Å²) < 4.78 is 0. The number of rotatable bonds is 8. The van der Waals surface area contributed by atoms with Gasteiger partial charge in [0.25, 0.3) is 0 Å². The lowest BCUT2D eigenvalue weighted by atomic mass is 9.74. The van der Waals surface area contributed by atoms with Gasteiger partial charge in [-0.2, -0.15) is 0 Å². The molecule has 0 aromatic rings. The zero-order chi connectivity index (χ0) is 43.8. The molecule has 4 fully saturated rings. The molecule has 4 saturated carbocycles. The van der Waals surface area contributed by atoms with Gasteiger partial charge in [-0.1, -0.05) is 262 Å². The van der Waals surface area contributed by atoms with Gasteiger partial charge in [0.2, 0.25) is 0 Å². The molecule has 0 radical (unpaired) electrons. The standard InChI is InChI=1S/C10H20.C8H16.C7H14.C6H12.4C6H14/c1-8-9(2,3)6-7-10(8,4)5;1-6-4-7(2)8(3)5-6;1-7-5-3-2-4-6-7;1-2-3-6-4-5-6;1-5-6(2,3)4;2*1-4-5-6(2)3;1-4-6(3)5-2/h8H,6-7H2,1-5H3;6-8H,4-5H2,1-3H3;7H,2-6H2,1H3;6H,2-5H2,1H3;5H2,1-4H3;3*6H,4-5H2,1-3H3. The van der Waals surface area contributed by atoms with Crippen molar-refractivity contribution in [2.24, 2.45) is 69.5 Å². The minimum absolute atomic E-state index is 0.542. The molecule has 0 saturated heterocycles. The minimum atomic E-state index is 0.542. The molecule has 0 amide bonds. The molecular weight excluding hydrogens is 661 g/mol. The summed E-state index contributed by atoms with van der Waals surface area (Å²) >= 11 is 0. The molecule has 0 nitrogen and oxygen atoms in total. The summed E-state index contributed by atoms with van der Waals surface area (Å²) in [7, 11) is 0. The van der Waals surface area contributed by atoms with Gasteiger partial charge in [-0.15, -0.1) is 0 Å². The summed E-state index contributed by atoms with van der Waals surface area (Å²) in [5, 5.41) is 0. The van der Waals surface area contributed by atoms with E-state index in [1.807, 2.05) is 0 Å². The molecule has 0 N–H and O–H groups in total. The molecule has 0 bridgehead atoms. The summed E-state index contributed by atoms with van der Waals surface area (Å²) in [5.41, 5.74) is 1.72. The molecule has 4 aliphatic carbocycles. The first-order valence-corrected chi connectivity index (χ1v) is 25.3. The SMILES string of the molecule is CC1C(C)(C)CCC1(C)C.CC1CC(C)C(C)C1.CC1CCCCC1.CCC(C)(C)C.CCC(C)CC.CCCC(C)C.CCCC(C)C.CCCC1CC1. The third kappa shape index (κ3) is 43.4. The van der Waals surface area contributed by atoms with Crippen LogP contribution in [0.1, 0.15) is 288 Å². The van der Waals surface area contributed by atoms with E-state index in [0.29, 0.717) is 16.2 Å². The van der Waals surface area contributed by atoms with Crippen LogP contribution in [0.15, 0.2) is 0 Å². The van der Waals surface area contributed by atoms with Gasteiger partial charge >= 0.3 is 0 Å². The Morgan fingerprint density at radius 3 is 0.982 bits per heavy atom. The molecule has 338 valence electrons. The van der Waals surface area contributed by atoms with E-state index in [4.69, 9.17) is 0 Å². The van der Waals surface area contributed by atoms with Crippen LogP contribution in [-0.4, -0.2) is 0 Å². The zero-order valence-electron chi connectivity index (χ0n) is 43.8. The van der Waals surface area contributed by atoms with Crippen LogP contribution in [0.2, 0.25) is 0 Å². The van der Waals surface area contributed by atoms with Crippen molar-refractivity contribution in [3.63, 3.8) is 0 Å². The Morgan fingerprint density at radius 1 is 0.527 bits per heavy atom. The zero-order valence-corrected chi connectivity index (χ0v) is 43.8. The Morgan fingerprint density at radius 2 is 0.891 bits per heavy atom. The lowest BCUT2D eigenvalue weighted by Gasteiger charge is -2.31. The predicted octanol–water partition coefficient (Wildman–Crippen LogP) is 20.7. The van der Waals surface area contributed by atoms with Gasteiger partial charge in [0.15, 0.2) is 0 Å². The fourth-order valence-electron chi connectivity index (χ4n) is 7.53. The van der Waals surface area contributed by atoms with E-state index in [-0.39, 0.29) is 0 Å². The van der Waals surface area contributed by atoms with Crippen LogP contribution in [0, 0.1) is 69.5 Å². The maximum atomic E-state index is 2.40. The Kier molecular flexibility index (Phi) is 40.3. The van der Waals surface area contributed by atoms with Crippen molar-refractivity contribution in [1.82, 2.24) is 0 Å². The van der Waals surface area contributed by atoms with Crippen molar-refractivity contribution < 1.29 is 0 Å². The lowest BCUT2D eigenvalue weighted by Crippen LogP contribution is -2.24.